The number of nitro groups is 1. The maximum atomic E-state index is 11.2. The number of hydrogen-bond acceptors (Lipinski definition) is 5. The number of rotatable bonds is 3. The summed E-state index contributed by atoms with van der Waals surface area (Å²) in [7, 11) is 0. The van der Waals surface area contributed by atoms with Gasteiger partial charge in [-0.25, -0.2) is 4.98 Å². The molecule has 0 radical (unpaired) electrons. The van der Waals surface area contributed by atoms with E-state index in [1.807, 2.05) is 4.90 Å². The summed E-state index contributed by atoms with van der Waals surface area (Å²) in [6.45, 7) is 5.82. The summed E-state index contributed by atoms with van der Waals surface area (Å²) in [6.07, 6.45) is 4.21. The lowest BCUT2D eigenvalue weighted by Gasteiger charge is -2.44. The molecule has 102 valence electrons. The molecule has 0 N–H and O–H groups in total. The van der Waals surface area contributed by atoms with Crippen molar-refractivity contribution in [2.75, 3.05) is 31.1 Å². The van der Waals surface area contributed by atoms with Gasteiger partial charge in [0.15, 0.2) is 0 Å². The van der Waals surface area contributed by atoms with E-state index in [9.17, 15) is 10.1 Å². The van der Waals surface area contributed by atoms with Crippen LogP contribution in [0, 0.1) is 17.0 Å². The third-order valence-electron chi connectivity index (χ3n) is 4.11. The zero-order valence-electron chi connectivity index (χ0n) is 11.1. The highest BCUT2D eigenvalue weighted by atomic mass is 16.6. The molecule has 3 rings (SSSR count). The Morgan fingerprint density at radius 1 is 1.37 bits per heavy atom. The molecule has 2 aliphatic heterocycles. The highest BCUT2D eigenvalue weighted by Crippen LogP contribution is 2.33. The molecule has 0 atom stereocenters. The molecule has 6 heteroatoms. The van der Waals surface area contributed by atoms with Crippen LogP contribution in [0.3, 0.4) is 0 Å². The third-order valence-corrected chi connectivity index (χ3v) is 4.11. The molecule has 1 aromatic heterocycles. The van der Waals surface area contributed by atoms with E-state index in [2.05, 4.69) is 9.88 Å². The Kier molecular flexibility index (Phi) is 3.10. The van der Waals surface area contributed by atoms with E-state index in [0.717, 1.165) is 13.1 Å². The van der Waals surface area contributed by atoms with Crippen molar-refractivity contribution in [1.82, 2.24) is 9.88 Å². The Hall–Kier alpha value is -1.69. The first-order chi connectivity index (χ1) is 9.16. The normalized spacial score (nSPS) is 20.6. The van der Waals surface area contributed by atoms with Gasteiger partial charge in [-0.15, -0.1) is 0 Å². The molecule has 2 saturated heterocycles. The van der Waals surface area contributed by atoms with Crippen LogP contribution >= 0.6 is 0 Å². The summed E-state index contributed by atoms with van der Waals surface area (Å²) in [5.74, 6) is 0.528. The maximum absolute atomic E-state index is 11.2. The molecule has 6 nitrogen and oxygen atoms in total. The first-order valence-corrected chi connectivity index (χ1v) is 6.76. The molecule has 0 amide bonds. The zero-order valence-corrected chi connectivity index (χ0v) is 11.1. The van der Waals surface area contributed by atoms with E-state index in [4.69, 9.17) is 0 Å². The van der Waals surface area contributed by atoms with E-state index in [0.29, 0.717) is 17.4 Å². The topological polar surface area (TPSA) is 62.5 Å². The van der Waals surface area contributed by atoms with Crippen LogP contribution in [0.5, 0.6) is 0 Å². The SMILES string of the molecule is Cc1ccnc(N2CC(N3CCCC3)C2)c1[N+](=O)[O-]. The Bertz CT molecular complexity index is 493. The molecule has 1 aromatic rings. The van der Waals surface area contributed by atoms with E-state index in [1.165, 1.54) is 25.9 Å². The van der Waals surface area contributed by atoms with Crippen LogP contribution in [0.2, 0.25) is 0 Å². The highest BCUT2D eigenvalue weighted by Gasteiger charge is 2.37. The zero-order chi connectivity index (χ0) is 13.4. The van der Waals surface area contributed by atoms with Gasteiger partial charge in [0.1, 0.15) is 0 Å². The fourth-order valence-electron chi connectivity index (χ4n) is 2.96. The van der Waals surface area contributed by atoms with Gasteiger partial charge in [0, 0.05) is 30.9 Å². The molecule has 0 saturated carbocycles. The van der Waals surface area contributed by atoms with Crippen LogP contribution in [-0.2, 0) is 0 Å². The standard InChI is InChI=1S/C13H18N4O2/c1-10-4-5-14-13(12(10)17(18)19)16-8-11(9-16)15-6-2-3-7-15/h4-5,11H,2-3,6-9H2,1H3. The summed E-state index contributed by atoms with van der Waals surface area (Å²) >= 11 is 0. The van der Waals surface area contributed by atoms with Crippen LogP contribution in [-0.4, -0.2) is 47.0 Å². The quantitative estimate of drug-likeness (QED) is 0.611. The Labute approximate surface area is 112 Å². The summed E-state index contributed by atoms with van der Waals surface area (Å²) < 4.78 is 0. The first kappa shape index (κ1) is 12.3. The van der Waals surface area contributed by atoms with Crippen molar-refractivity contribution in [3.05, 3.63) is 27.9 Å². The molecular weight excluding hydrogens is 244 g/mol. The number of pyridine rings is 1. The number of aryl methyl sites for hydroxylation is 1. The molecule has 0 aromatic carbocycles. The Morgan fingerprint density at radius 2 is 2.05 bits per heavy atom. The summed E-state index contributed by atoms with van der Waals surface area (Å²) in [5.41, 5.74) is 0.835. The fraction of sp³-hybridized carbons (Fsp3) is 0.615. The van der Waals surface area contributed by atoms with Crippen LogP contribution in [0.4, 0.5) is 11.5 Å². The van der Waals surface area contributed by atoms with Crippen molar-refractivity contribution >= 4 is 11.5 Å². The lowest BCUT2D eigenvalue weighted by Crippen LogP contribution is -2.59. The highest BCUT2D eigenvalue weighted by molar-refractivity contribution is 5.63. The second-order valence-electron chi connectivity index (χ2n) is 5.36. The molecule has 19 heavy (non-hydrogen) atoms. The van der Waals surface area contributed by atoms with E-state index >= 15 is 0 Å². The second kappa shape index (κ2) is 4.77. The van der Waals surface area contributed by atoms with Crippen molar-refractivity contribution in [1.29, 1.82) is 0 Å². The van der Waals surface area contributed by atoms with Gasteiger partial charge in [0.25, 0.3) is 0 Å². The van der Waals surface area contributed by atoms with Crippen LogP contribution in [0.25, 0.3) is 0 Å². The molecule has 0 spiro atoms. The minimum absolute atomic E-state index is 0.155. The van der Waals surface area contributed by atoms with Gasteiger partial charge in [0.2, 0.25) is 5.82 Å². The molecule has 2 aliphatic rings. The van der Waals surface area contributed by atoms with Gasteiger partial charge >= 0.3 is 5.69 Å². The molecule has 0 unspecified atom stereocenters. The predicted octanol–water partition coefficient (Wildman–Crippen LogP) is 1.58. The predicted molar refractivity (Wildman–Crippen MR) is 72.4 cm³/mol. The number of anilines is 1. The van der Waals surface area contributed by atoms with Gasteiger partial charge < -0.3 is 4.90 Å². The number of nitrogens with zero attached hydrogens (tertiary/aromatic N) is 4. The summed E-state index contributed by atoms with van der Waals surface area (Å²) in [4.78, 5) is 19.6. The smallest absolute Gasteiger partial charge is 0.314 e. The molecule has 2 fully saturated rings. The van der Waals surface area contributed by atoms with Gasteiger partial charge in [-0.1, -0.05) is 0 Å². The lowest BCUT2D eigenvalue weighted by molar-refractivity contribution is -0.385. The minimum Gasteiger partial charge on any atom is -0.348 e. The minimum atomic E-state index is -0.319. The Morgan fingerprint density at radius 3 is 2.68 bits per heavy atom. The first-order valence-electron chi connectivity index (χ1n) is 6.76. The second-order valence-corrected chi connectivity index (χ2v) is 5.36. The van der Waals surface area contributed by atoms with Crippen LogP contribution < -0.4 is 4.90 Å². The van der Waals surface area contributed by atoms with Crippen molar-refractivity contribution < 1.29 is 4.92 Å². The van der Waals surface area contributed by atoms with Gasteiger partial charge in [-0.3, -0.25) is 15.0 Å². The largest absolute Gasteiger partial charge is 0.348 e. The average molecular weight is 262 g/mol. The van der Waals surface area contributed by atoms with E-state index in [-0.39, 0.29) is 10.6 Å². The summed E-state index contributed by atoms with van der Waals surface area (Å²) in [5, 5.41) is 11.2. The van der Waals surface area contributed by atoms with Crippen LogP contribution in [0.1, 0.15) is 18.4 Å². The van der Waals surface area contributed by atoms with Crippen molar-refractivity contribution in [3.63, 3.8) is 0 Å². The molecular formula is C13H18N4O2. The summed E-state index contributed by atoms with van der Waals surface area (Å²) in [6, 6.07) is 2.24. The van der Waals surface area contributed by atoms with Crippen molar-refractivity contribution in [2.45, 2.75) is 25.8 Å². The Balaban J connectivity index is 1.74. The molecule has 0 bridgehead atoms. The number of aromatic nitrogens is 1. The van der Waals surface area contributed by atoms with Gasteiger partial charge in [0.05, 0.1) is 4.92 Å². The average Bonchev–Trinajstić information content (AvgIpc) is 2.80. The van der Waals surface area contributed by atoms with Crippen molar-refractivity contribution in [2.24, 2.45) is 0 Å². The maximum Gasteiger partial charge on any atom is 0.314 e. The van der Waals surface area contributed by atoms with E-state index in [1.54, 1.807) is 19.2 Å². The number of likely N-dealkylation sites (tertiary alicyclic amines) is 1. The fourth-order valence-corrected chi connectivity index (χ4v) is 2.96. The van der Waals surface area contributed by atoms with Crippen molar-refractivity contribution in [3.8, 4) is 0 Å². The molecule has 0 aliphatic carbocycles. The van der Waals surface area contributed by atoms with Gasteiger partial charge in [-0.2, -0.15) is 0 Å². The van der Waals surface area contributed by atoms with Crippen LogP contribution in [0.15, 0.2) is 12.3 Å². The number of hydrogen-bond donors (Lipinski definition) is 0. The monoisotopic (exact) mass is 262 g/mol. The van der Waals surface area contributed by atoms with E-state index < -0.39 is 0 Å². The lowest BCUT2D eigenvalue weighted by atomic mass is 10.1. The molecule has 3 heterocycles. The third kappa shape index (κ3) is 2.16. The van der Waals surface area contributed by atoms with Gasteiger partial charge in [-0.05, 0) is 38.9 Å².